The molecule has 0 atom stereocenters. The standard InChI is InChI=1S/C15H15N3OS.ClH/c1-3-12-8-13-14(16-9(2)17-15(13)20-12)18-10-5-4-6-11(19)7-10;/h4-8,19H,3H2,1-2H3,(H,16,17,18);1H. The van der Waals surface area contributed by atoms with Gasteiger partial charge >= 0.3 is 0 Å². The number of hydrogen-bond donors (Lipinski definition) is 2. The van der Waals surface area contributed by atoms with Crippen molar-refractivity contribution in [3.63, 3.8) is 0 Å². The zero-order valence-electron chi connectivity index (χ0n) is 11.8. The van der Waals surface area contributed by atoms with Gasteiger partial charge in [0.1, 0.15) is 22.2 Å². The minimum atomic E-state index is 0. The molecular weight excluding hydrogens is 306 g/mol. The van der Waals surface area contributed by atoms with Crippen LogP contribution in [0.2, 0.25) is 0 Å². The predicted octanol–water partition coefficient (Wildman–Crippen LogP) is 4.43. The van der Waals surface area contributed by atoms with E-state index < -0.39 is 0 Å². The first-order chi connectivity index (χ1) is 9.65. The summed E-state index contributed by atoms with van der Waals surface area (Å²) in [7, 11) is 0. The molecule has 0 aliphatic rings. The van der Waals surface area contributed by atoms with Crippen LogP contribution in [0.5, 0.6) is 5.75 Å². The van der Waals surface area contributed by atoms with Crippen molar-refractivity contribution >= 4 is 45.5 Å². The third kappa shape index (κ3) is 3.25. The molecule has 0 saturated heterocycles. The fourth-order valence-corrected chi connectivity index (χ4v) is 3.08. The number of thiophene rings is 1. The summed E-state index contributed by atoms with van der Waals surface area (Å²) in [6.45, 7) is 4.02. The molecule has 21 heavy (non-hydrogen) atoms. The van der Waals surface area contributed by atoms with Crippen LogP contribution >= 0.6 is 23.7 Å². The van der Waals surface area contributed by atoms with Gasteiger partial charge in [-0.25, -0.2) is 9.97 Å². The third-order valence-corrected chi connectivity index (χ3v) is 4.19. The number of hydrogen-bond acceptors (Lipinski definition) is 5. The second-order valence-electron chi connectivity index (χ2n) is 4.58. The van der Waals surface area contributed by atoms with Crippen molar-refractivity contribution in [1.82, 2.24) is 9.97 Å². The molecule has 3 rings (SSSR count). The van der Waals surface area contributed by atoms with Crippen molar-refractivity contribution < 1.29 is 5.11 Å². The normalized spacial score (nSPS) is 10.4. The maximum absolute atomic E-state index is 9.53. The number of aryl methyl sites for hydroxylation is 2. The smallest absolute Gasteiger partial charge is 0.142 e. The highest BCUT2D eigenvalue weighted by molar-refractivity contribution is 7.18. The lowest BCUT2D eigenvalue weighted by Gasteiger charge is -2.07. The molecular formula is C15H16ClN3OS. The van der Waals surface area contributed by atoms with Gasteiger partial charge in [-0.2, -0.15) is 0 Å². The number of phenols is 1. The molecule has 0 unspecified atom stereocenters. The molecule has 0 aliphatic heterocycles. The van der Waals surface area contributed by atoms with Crippen LogP contribution in [-0.4, -0.2) is 15.1 Å². The Bertz CT molecular complexity index is 773. The van der Waals surface area contributed by atoms with E-state index in [0.29, 0.717) is 0 Å². The number of phenolic OH excluding ortho intramolecular Hbond substituents is 1. The Morgan fingerprint density at radius 1 is 1.24 bits per heavy atom. The van der Waals surface area contributed by atoms with E-state index in [4.69, 9.17) is 0 Å². The van der Waals surface area contributed by atoms with Crippen molar-refractivity contribution in [2.75, 3.05) is 5.32 Å². The van der Waals surface area contributed by atoms with Gasteiger partial charge in [0.25, 0.3) is 0 Å². The summed E-state index contributed by atoms with van der Waals surface area (Å²) in [5, 5.41) is 13.8. The first-order valence-corrected chi connectivity index (χ1v) is 7.30. The molecule has 2 N–H and O–H groups in total. The van der Waals surface area contributed by atoms with Gasteiger partial charge in [-0.15, -0.1) is 23.7 Å². The van der Waals surface area contributed by atoms with Crippen molar-refractivity contribution in [2.45, 2.75) is 20.3 Å². The summed E-state index contributed by atoms with van der Waals surface area (Å²) in [6.07, 6.45) is 0.992. The van der Waals surface area contributed by atoms with Gasteiger partial charge in [0, 0.05) is 16.6 Å². The molecule has 0 amide bonds. The Hall–Kier alpha value is -1.85. The second kappa shape index (κ2) is 6.28. The Balaban J connectivity index is 0.00000161. The van der Waals surface area contributed by atoms with Crippen LogP contribution in [0, 0.1) is 6.92 Å². The van der Waals surface area contributed by atoms with Crippen LogP contribution < -0.4 is 5.32 Å². The van der Waals surface area contributed by atoms with E-state index in [9.17, 15) is 5.11 Å². The van der Waals surface area contributed by atoms with Crippen molar-refractivity contribution in [3.8, 4) is 5.75 Å². The lowest BCUT2D eigenvalue weighted by atomic mass is 10.2. The van der Waals surface area contributed by atoms with E-state index in [1.807, 2.05) is 13.0 Å². The topological polar surface area (TPSA) is 58.0 Å². The summed E-state index contributed by atoms with van der Waals surface area (Å²) in [6, 6.07) is 9.15. The second-order valence-corrected chi connectivity index (χ2v) is 5.70. The van der Waals surface area contributed by atoms with Gasteiger partial charge in [-0.3, -0.25) is 0 Å². The largest absolute Gasteiger partial charge is 0.508 e. The highest BCUT2D eigenvalue weighted by atomic mass is 35.5. The SMILES string of the molecule is CCc1cc2c(Nc3cccc(O)c3)nc(C)nc2s1.Cl. The number of benzene rings is 1. The highest BCUT2D eigenvalue weighted by Gasteiger charge is 2.10. The molecule has 0 aliphatic carbocycles. The molecule has 110 valence electrons. The Kier molecular flexibility index (Phi) is 4.65. The highest BCUT2D eigenvalue weighted by Crippen LogP contribution is 2.31. The number of anilines is 2. The summed E-state index contributed by atoms with van der Waals surface area (Å²) < 4.78 is 0. The average molecular weight is 322 g/mol. The summed E-state index contributed by atoms with van der Waals surface area (Å²) in [5.41, 5.74) is 0.814. The molecule has 0 radical (unpaired) electrons. The lowest BCUT2D eigenvalue weighted by Crippen LogP contribution is -1.97. The number of halogens is 1. The molecule has 3 aromatic rings. The molecule has 6 heteroatoms. The van der Waals surface area contributed by atoms with Gasteiger partial charge in [-0.1, -0.05) is 13.0 Å². The van der Waals surface area contributed by atoms with E-state index in [2.05, 4.69) is 28.3 Å². The molecule has 0 fully saturated rings. The Labute approximate surface area is 133 Å². The molecule has 0 saturated carbocycles. The number of rotatable bonds is 3. The van der Waals surface area contributed by atoms with Gasteiger partial charge < -0.3 is 10.4 Å². The van der Waals surface area contributed by atoms with Gasteiger partial charge in [0.2, 0.25) is 0 Å². The quantitative estimate of drug-likeness (QED) is 0.749. The van der Waals surface area contributed by atoms with Crippen molar-refractivity contribution in [2.24, 2.45) is 0 Å². The first kappa shape index (κ1) is 15.5. The number of fused-ring (bicyclic) bond motifs is 1. The minimum Gasteiger partial charge on any atom is -0.508 e. The van der Waals surface area contributed by atoms with Crippen LogP contribution in [0.15, 0.2) is 30.3 Å². The number of aromatic nitrogens is 2. The molecule has 0 bridgehead atoms. The zero-order valence-corrected chi connectivity index (χ0v) is 13.4. The third-order valence-electron chi connectivity index (χ3n) is 3.01. The van der Waals surface area contributed by atoms with E-state index in [1.54, 1.807) is 29.5 Å². The maximum Gasteiger partial charge on any atom is 0.142 e. The molecule has 1 aromatic carbocycles. The summed E-state index contributed by atoms with van der Waals surface area (Å²) in [4.78, 5) is 11.2. The minimum absolute atomic E-state index is 0. The number of aromatic hydroxyl groups is 1. The van der Waals surface area contributed by atoms with Crippen LogP contribution in [0.25, 0.3) is 10.2 Å². The van der Waals surface area contributed by atoms with Gasteiger partial charge in [-0.05, 0) is 31.5 Å². The van der Waals surface area contributed by atoms with E-state index in [1.165, 1.54) is 4.88 Å². The van der Waals surface area contributed by atoms with Crippen molar-refractivity contribution in [1.29, 1.82) is 0 Å². The van der Waals surface area contributed by atoms with Crippen LogP contribution in [0.3, 0.4) is 0 Å². The maximum atomic E-state index is 9.53. The van der Waals surface area contributed by atoms with Crippen LogP contribution in [-0.2, 0) is 6.42 Å². The fourth-order valence-electron chi connectivity index (χ4n) is 2.07. The van der Waals surface area contributed by atoms with Gasteiger partial charge in [0.05, 0.1) is 5.39 Å². The monoisotopic (exact) mass is 321 g/mol. The predicted molar refractivity (Wildman–Crippen MR) is 90.2 cm³/mol. The number of nitrogens with zero attached hydrogens (tertiary/aromatic N) is 2. The van der Waals surface area contributed by atoms with Crippen molar-refractivity contribution in [3.05, 3.63) is 41.0 Å². The molecule has 2 aromatic heterocycles. The van der Waals surface area contributed by atoms with Crippen LogP contribution in [0.4, 0.5) is 11.5 Å². The van der Waals surface area contributed by atoms with E-state index in [0.717, 1.165) is 34.0 Å². The average Bonchev–Trinajstić information content (AvgIpc) is 2.82. The van der Waals surface area contributed by atoms with Crippen LogP contribution in [0.1, 0.15) is 17.6 Å². The Morgan fingerprint density at radius 3 is 2.76 bits per heavy atom. The lowest BCUT2D eigenvalue weighted by molar-refractivity contribution is 0.475. The Morgan fingerprint density at radius 2 is 2.05 bits per heavy atom. The number of nitrogens with one attached hydrogen (secondary N) is 1. The first-order valence-electron chi connectivity index (χ1n) is 6.49. The molecule has 2 heterocycles. The molecule has 0 spiro atoms. The van der Waals surface area contributed by atoms with E-state index in [-0.39, 0.29) is 18.2 Å². The van der Waals surface area contributed by atoms with E-state index >= 15 is 0 Å². The van der Waals surface area contributed by atoms with Gasteiger partial charge in [0.15, 0.2) is 0 Å². The fraction of sp³-hybridized carbons (Fsp3) is 0.200. The zero-order chi connectivity index (χ0) is 14.1. The summed E-state index contributed by atoms with van der Waals surface area (Å²) in [5.74, 6) is 1.76. The molecule has 4 nitrogen and oxygen atoms in total. The summed E-state index contributed by atoms with van der Waals surface area (Å²) >= 11 is 1.70.